The summed E-state index contributed by atoms with van der Waals surface area (Å²) >= 11 is 0. The standard InChI is InChI=1S/C16H24N2O3/c1-13-6-9-17(10-7-13)8-3-11-21-16-12-14(2)4-5-15(16)18(19)20/h4-5,12-13H,3,6-11H2,1-2H3/p+1. The summed E-state index contributed by atoms with van der Waals surface area (Å²) in [5, 5.41) is 11.0. The van der Waals surface area contributed by atoms with Gasteiger partial charge in [0.05, 0.1) is 31.2 Å². The SMILES string of the molecule is Cc1ccc([N+](=O)[O-])c(OCCC[NH+]2CCC(C)CC2)c1. The first-order valence-corrected chi connectivity index (χ1v) is 7.77. The van der Waals surface area contributed by atoms with E-state index in [-0.39, 0.29) is 10.6 Å². The van der Waals surface area contributed by atoms with Crippen molar-refractivity contribution in [1.82, 2.24) is 0 Å². The number of likely N-dealkylation sites (tertiary alicyclic amines) is 1. The molecule has 1 fully saturated rings. The molecule has 116 valence electrons. The summed E-state index contributed by atoms with van der Waals surface area (Å²) in [7, 11) is 0. The van der Waals surface area contributed by atoms with Crippen LogP contribution in [0.1, 0.15) is 31.7 Å². The van der Waals surface area contributed by atoms with Gasteiger partial charge in [-0.15, -0.1) is 0 Å². The Bertz CT molecular complexity index is 482. The number of rotatable bonds is 6. The molecule has 5 nitrogen and oxygen atoms in total. The maximum absolute atomic E-state index is 11.0. The van der Waals surface area contributed by atoms with Gasteiger partial charge in [0.1, 0.15) is 0 Å². The molecule has 0 aliphatic carbocycles. The van der Waals surface area contributed by atoms with E-state index in [4.69, 9.17) is 4.74 Å². The summed E-state index contributed by atoms with van der Waals surface area (Å²) in [5.41, 5.74) is 1.03. The fourth-order valence-corrected chi connectivity index (χ4v) is 2.81. The predicted octanol–water partition coefficient (Wildman–Crippen LogP) is 1.99. The van der Waals surface area contributed by atoms with Crippen LogP contribution in [0.5, 0.6) is 5.75 Å². The average molecular weight is 293 g/mol. The van der Waals surface area contributed by atoms with Crippen LogP contribution in [0.4, 0.5) is 5.69 Å². The van der Waals surface area contributed by atoms with Gasteiger partial charge >= 0.3 is 5.69 Å². The van der Waals surface area contributed by atoms with Gasteiger partial charge in [-0.1, -0.05) is 13.0 Å². The van der Waals surface area contributed by atoms with Crippen LogP contribution in [0.2, 0.25) is 0 Å². The Morgan fingerprint density at radius 3 is 2.76 bits per heavy atom. The van der Waals surface area contributed by atoms with E-state index in [1.807, 2.05) is 6.92 Å². The summed E-state index contributed by atoms with van der Waals surface area (Å²) in [5.74, 6) is 1.25. The third kappa shape index (κ3) is 4.70. The van der Waals surface area contributed by atoms with Crippen LogP contribution in [0.25, 0.3) is 0 Å². The lowest BCUT2D eigenvalue weighted by Gasteiger charge is -2.27. The number of benzene rings is 1. The molecule has 0 radical (unpaired) electrons. The maximum Gasteiger partial charge on any atom is 0.310 e. The number of nitro benzene ring substituents is 1. The third-order valence-corrected chi connectivity index (χ3v) is 4.23. The van der Waals surface area contributed by atoms with Crippen molar-refractivity contribution in [3.8, 4) is 5.75 Å². The molecule has 1 saturated heterocycles. The highest BCUT2D eigenvalue weighted by molar-refractivity contribution is 5.48. The summed E-state index contributed by atoms with van der Waals surface area (Å²) in [6.07, 6.45) is 3.55. The Labute approximate surface area is 126 Å². The Morgan fingerprint density at radius 1 is 1.38 bits per heavy atom. The van der Waals surface area contributed by atoms with E-state index >= 15 is 0 Å². The molecule has 1 heterocycles. The van der Waals surface area contributed by atoms with E-state index in [0.717, 1.165) is 24.4 Å². The number of ether oxygens (including phenoxy) is 1. The minimum Gasteiger partial charge on any atom is -0.487 e. The molecule has 0 aromatic heterocycles. The Balaban J connectivity index is 1.78. The lowest BCUT2D eigenvalue weighted by atomic mass is 9.99. The first kappa shape index (κ1) is 15.8. The highest BCUT2D eigenvalue weighted by Gasteiger charge is 2.19. The van der Waals surface area contributed by atoms with Crippen LogP contribution < -0.4 is 9.64 Å². The Hall–Kier alpha value is -1.62. The van der Waals surface area contributed by atoms with Crippen LogP contribution >= 0.6 is 0 Å². The molecule has 0 saturated carbocycles. The van der Waals surface area contributed by atoms with Gasteiger partial charge in [0.15, 0.2) is 5.75 Å². The number of nitrogens with one attached hydrogen (secondary N) is 1. The molecule has 1 aromatic carbocycles. The predicted molar refractivity (Wildman–Crippen MR) is 81.9 cm³/mol. The van der Waals surface area contributed by atoms with E-state index < -0.39 is 0 Å². The molecular formula is C16H25N2O3+. The lowest BCUT2D eigenvalue weighted by Crippen LogP contribution is -3.13. The molecule has 2 rings (SSSR count). The highest BCUT2D eigenvalue weighted by atomic mass is 16.6. The monoisotopic (exact) mass is 293 g/mol. The molecule has 21 heavy (non-hydrogen) atoms. The minimum absolute atomic E-state index is 0.0553. The van der Waals surface area contributed by atoms with Gasteiger partial charge in [-0.25, -0.2) is 0 Å². The van der Waals surface area contributed by atoms with Crippen LogP contribution in [-0.2, 0) is 0 Å². The van der Waals surface area contributed by atoms with Gasteiger partial charge in [-0.3, -0.25) is 10.1 Å². The van der Waals surface area contributed by atoms with Crippen molar-refractivity contribution in [3.63, 3.8) is 0 Å². The Kier molecular flexibility index (Phi) is 5.56. The molecule has 0 amide bonds. The molecule has 0 unspecified atom stereocenters. The fourth-order valence-electron chi connectivity index (χ4n) is 2.81. The second kappa shape index (κ2) is 7.41. The first-order valence-electron chi connectivity index (χ1n) is 7.77. The summed E-state index contributed by atoms with van der Waals surface area (Å²) in [4.78, 5) is 12.2. The van der Waals surface area contributed by atoms with Crippen molar-refractivity contribution in [3.05, 3.63) is 33.9 Å². The van der Waals surface area contributed by atoms with Crippen LogP contribution in [-0.4, -0.2) is 31.2 Å². The first-order chi connectivity index (χ1) is 10.1. The largest absolute Gasteiger partial charge is 0.487 e. The molecule has 1 aliphatic rings. The lowest BCUT2D eigenvalue weighted by molar-refractivity contribution is -0.906. The second-order valence-corrected chi connectivity index (χ2v) is 6.11. The van der Waals surface area contributed by atoms with Crippen molar-refractivity contribution < 1.29 is 14.6 Å². The van der Waals surface area contributed by atoms with Crippen LogP contribution in [0.3, 0.4) is 0 Å². The summed E-state index contributed by atoms with van der Waals surface area (Å²) in [6.45, 7) is 8.35. The molecule has 0 atom stereocenters. The Morgan fingerprint density at radius 2 is 2.10 bits per heavy atom. The van der Waals surface area contributed by atoms with E-state index in [1.54, 1.807) is 17.0 Å². The van der Waals surface area contributed by atoms with E-state index in [2.05, 4.69) is 6.92 Å². The van der Waals surface area contributed by atoms with Crippen molar-refractivity contribution in [2.75, 3.05) is 26.2 Å². The average Bonchev–Trinajstić information content (AvgIpc) is 2.45. The summed E-state index contributed by atoms with van der Waals surface area (Å²) in [6, 6.07) is 5.00. The van der Waals surface area contributed by atoms with Gasteiger partial charge in [0, 0.05) is 12.5 Å². The zero-order valence-corrected chi connectivity index (χ0v) is 12.9. The molecule has 1 aliphatic heterocycles. The minimum atomic E-state index is -0.383. The zero-order chi connectivity index (χ0) is 15.2. The van der Waals surface area contributed by atoms with Gasteiger partial charge < -0.3 is 9.64 Å². The molecule has 0 spiro atoms. The molecule has 0 bridgehead atoms. The van der Waals surface area contributed by atoms with Gasteiger partial charge in [-0.2, -0.15) is 0 Å². The van der Waals surface area contributed by atoms with Crippen molar-refractivity contribution >= 4 is 5.69 Å². The number of hydrogen-bond donors (Lipinski definition) is 1. The molecule has 1 aromatic rings. The second-order valence-electron chi connectivity index (χ2n) is 6.11. The normalized spacial score (nSPS) is 22.0. The number of quaternary nitrogens is 1. The molecule has 1 N–H and O–H groups in total. The molecule has 5 heteroatoms. The number of nitro groups is 1. The fraction of sp³-hybridized carbons (Fsp3) is 0.625. The van der Waals surface area contributed by atoms with E-state index in [9.17, 15) is 10.1 Å². The number of aryl methyl sites for hydroxylation is 1. The van der Waals surface area contributed by atoms with Crippen molar-refractivity contribution in [2.24, 2.45) is 5.92 Å². The quantitative estimate of drug-likeness (QED) is 0.496. The van der Waals surface area contributed by atoms with Gasteiger partial charge in [-0.05, 0) is 37.3 Å². The zero-order valence-electron chi connectivity index (χ0n) is 12.9. The molecular weight excluding hydrogens is 268 g/mol. The van der Waals surface area contributed by atoms with Crippen LogP contribution in [0.15, 0.2) is 18.2 Å². The highest BCUT2D eigenvalue weighted by Crippen LogP contribution is 2.27. The number of nitrogens with zero attached hydrogens (tertiary/aromatic N) is 1. The smallest absolute Gasteiger partial charge is 0.310 e. The van der Waals surface area contributed by atoms with E-state index in [1.165, 1.54) is 32.0 Å². The van der Waals surface area contributed by atoms with Crippen molar-refractivity contribution in [2.45, 2.75) is 33.1 Å². The van der Waals surface area contributed by atoms with Gasteiger partial charge in [0.25, 0.3) is 0 Å². The topological polar surface area (TPSA) is 56.8 Å². The van der Waals surface area contributed by atoms with E-state index in [0.29, 0.717) is 12.4 Å². The van der Waals surface area contributed by atoms with Crippen molar-refractivity contribution in [1.29, 1.82) is 0 Å². The third-order valence-electron chi connectivity index (χ3n) is 4.23. The van der Waals surface area contributed by atoms with Crippen LogP contribution in [0, 0.1) is 23.0 Å². The maximum atomic E-state index is 11.0. The van der Waals surface area contributed by atoms with Gasteiger partial charge in [0.2, 0.25) is 0 Å². The number of piperidine rings is 1. The number of hydrogen-bond acceptors (Lipinski definition) is 3. The summed E-state index contributed by atoms with van der Waals surface area (Å²) < 4.78 is 5.64.